The van der Waals surface area contributed by atoms with Crippen LogP contribution in [0.5, 0.6) is 11.8 Å². The van der Waals surface area contributed by atoms with Gasteiger partial charge in [-0.3, -0.25) is 16.1 Å². The zero-order valence-corrected chi connectivity index (χ0v) is 15.3. The molecule has 1 aromatic heterocycles. The number of aryl methyl sites for hydroxylation is 1. The van der Waals surface area contributed by atoms with Gasteiger partial charge in [-0.2, -0.15) is 10.5 Å². The fourth-order valence-electron chi connectivity index (χ4n) is 2.20. The molecule has 1 aromatic carbocycles. The number of aromatic nitrogens is 1. The summed E-state index contributed by atoms with van der Waals surface area (Å²) in [5.41, 5.74) is 6.81. The first-order valence-corrected chi connectivity index (χ1v) is 8.13. The number of nitrogens with zero attached hydrogens (tertiary/aromatic N) is 1. The molecule has 2 aromatic rings. The number of anilines is 1. The summed E-state index contributed by atoms with van der Waals surface area (Å²) in [6.45, 7) is 2.22. The molecule has 0 saturated heterocycles. The van der Waals surface area contributed by atoms with Gasteiger partial charge in [0.1, 0.15) is 6.61 Å². The van der Waals surface area contributed by atoms with Gasteiger partial charge in [-0.15, -0.1) is 13.2 Å². The normalized spacial score (nSPS) is 10.4. The van der Waals surface area contributed by atoms with Crippen LogP contribution in [0.25, 0.3) is 0 Å². The van der Waals surface area contributed by atoms with E-state index >= 15 is 0 Å². The van der Waals surface area contributed by atoms with Crippen molar-refractivity contribution in [1.29, 1.82) is 0 Å². The van der Waals surface area contributed by atoms with Crippen molar-refractivity contribution in [1.82, 2.24) is 15.9 Å². The molecule has 11 heteroatoms. The molecule has 0 radical (unpaired) electrons. The number of rotatable bonds is 8. The average Bonchev–Trinajstić information content (AvgIpc) is 2.66. The van der Waals surface area contributed by atoms with Crippen LogP contribution in [0, 0.1) is 0 Å². The lowest BCUT2D eigenvalue weighted by atomic mass is 10.0. The number of hydrogen-bond donors (Lipinski definition) is 4. The summed E-state index contributed by atoms with van der Waals surface area (Å²) in [6, 6.07) is 9.83. The van der Waals surface area contributed by atoms with E-state index in [1.54, 1.807) is 7.05 Å². The summed E-state index contributed by atoms with van der Waals surface area (Å²) in [4.78, 5) is 12.9. The summed E-state index contributed by atoms with van der Waals surface area (Å²) >= 11 is 0. The van der Waals surface area contributed by atoms with Crippen molar-refractivity contribution in [3.63, 3.8) is 0 Å². The Morgan fingerprint density at radius 3 is 2.39 bits per heavy atom. The largest absolute Gasteiger partial charge is 0.574 e. The van der Waals surface area contributed by atoms with Crippen molar-refractivity contribution >= 4 is 12.1 Å². The fraction of sp³-hybridized carbons (Fsp3) is 0.294. The minimum atomic E-state index is -4.78. The molecule has 1 amide bonds. The Bertz CT molecular complexity index is 722. The van der Waals surface area contributed by atoms with E-state index in [0.717, 1.165) is 29.3 Å². The van der Waals surface area contributed by atoms with E-state index in [1.807, 2.05) is 36.1 Å². The standard InChI is InChI=1S/C16H17F3N2O2.CH5N3O/c1-3-11-6-4-7-13(20-2)12(11)10-22-14-8-5-9-15(21-14)23-16(17,18)19;2-4-3-1-5/h4-9,20H,3,10H2,1-2H3;1,4H,2H2,(H,3,5). The first-order valence-electron chi connectivity index (χ1n) is 8.13. The second kappa shape index (κ2) is 11.6. The van der Waals surface area contributed by atoms with E-state index in [4.69, 9.17) is 9.53 Å². The molecule has 0 saturated carbocycles. The van der Waals surface area contributed by atoms with Crippen LogP contribution < -0.4 is 31.6 Å². The number of alkyl halides is 3. The molecule has 0 aliphatic heterocycles. The molecule has 28 heavy (non-hydrogen) atoms. The van der Waals surface area contributed by atoms with Crippen molar-refractivity contribution in [2.45, 2.75) is 26.3 Å². The van der Waals surface area contributed by atoms with Gasteiger partial charge in [0, 0.05) is 30.4 Å². The number of hydrogen-bond acceptors (Lipinski definition) is 7. The van der Waals surface area contributed by atoms with Crippen LogP contribution in [-0.2, 0) is 17.8 Å². The van der Waals surface area contributed by atoms with Gasteiger partial charge in [0.15, 0.2) is 0 Å². The van der Waals surface area contributed by atoms with Crippen molar-refractivity contribution in [2.24, 2.45) is 5.84 Å². The zero-order valence-electron chi connectivity index (χ0n) is 15.3. The van der Waals surface area contributed by atoms with Crippen molar-refractivity contribution in [2.75, 3.05) is 12.4 Å². The van der Waals surface area contributed by atoms with Gasteiger partial charge >= 0.3 is 6.36 Å². The van der Waals surface area contributed by atoms with Gasteiger partial charge in [-0.25, -0.2) is 0 Å². The number of carbonyl (C=O) groups excluding carboxylic acids is 1. The average molecular weight is 401 g/mol. The number of hydrazine groups is 2. The van der Waals surface area contributed by atoms with Crippen LogP contribution >= 0.6 is 0 Å². The van der Waals surface area contributed by atoms with E-state index in [0.29, 0.717) is 6.41 Å². The number of amides is 1. The highest BCUT2D eigenvalue weighted by atomic mass is 19.4. The lowest BCUT2D eigenvalue weighted by Gasteiger charge is -2.15. The highest BCUT2D eigenvalue weighted by molar-refractivity contribution is 5.54. The molecule has 0 bridgehead atoms. The summed E-state index contributed by atoms with van der Waals surface area (Å²) in [5.74, 6) is 4.07. The molecule has 0 spiro atoms. The molecular formula is C17H22F3N5O3. The highest BCUT2D eigenvalue weighted by Crippen LogP contribution is 2.25. The second-order valence-corrected chi connectivity index (χ2v) is 5.10. The number of carbonyl (C=O) groups is 1. The lowest BCUT2D eigenvalue weighted by molar-refractivity contribution is -0.276. The maximum atomic E-state index is 12.2. The first kappa shape index (κ1) is 23.0. The molecule has 1 heterocycles. The van der Waals surface area contributed by atoms with Crippen LogP contribution in [0.15, 0.2) is 36.4 Å². The van der Waals surface area contributed by atoms with Crippen molar-refractivity contribution in [3.05, 3.63) is 47.5 Å². The minimum absolute atomic E-state index is 0.0692. The zero-order chi connectivity index (χ0) is 21.0. The van der Waals surface area contributed by atoms with Crippen molar-refractivity contribution < 1.29 is 27.4 Å². The second-order valence-electron chi connectivity index (χ2n) is 5.10. The number of nitrogens with one attached hydrogen (secondary N) is 3. The van der Waals surface area contributed by atoms with E-state index < -0.39 is 12.2 Å². The predicted molar refractivity (Wildman–Crippen MR) is 97.1 cm³/mol. The molecule has 0 aliphatic carbocycles. The number of ether oxygens (including phenoxy) is 2. The Morgan fingerprint density at radius 2 is 1.86 bits per heavy atom. The molecule has 0 unspecified atom stereocenters. The highest BCUT2D eigenvalue weighted by Gasteiger charge is 2.31. The van der Waals surface area contributed by atoms with E-state index in [2.05, 4.69) is 20.9 Å². The van der Waals surface area contributed by atoms with E-state index in [-0.39, 0.29) is 12.5 Å². The molecule has 8 nitrogen and oxygen atoms in total. The minimum Gasteiger partial charge on any atom is -0.473 e. The maximum absolute atomic E-state index is 12.2. The molecule has 5 N–H and O–H groups in total. The third-order valence-electron chi connectivity index (χ3n) is 3.35. The predicted octanol–water partition coefficient (Wildman–Crippen LogP) is 2.27. The Hall–Kier alpha value is -3.05. The number of benzene rings is 1. The van der Waals surface area contributed by atoms with Crippen molar-refractivity contribution in [3.8, 4) is 11.8 Å². The topological polar surface area (TPSA) is 111 Å². The Labute approximate surface area is 160 Å². The van der Waals surface area contributed by atoms with Gasteiger partial charge in [0.25, 0.3) is 0 Å². The number of nitrogens with two attached hydrogens (primary N) is 1. The number of pyridine rings is 1. The Balaban J connectivity index is 0.000000696. The number of halogens is 3. The maximum Gasteiger partial charge on any atom is 0.574 e. The summed E-state index contributed by atoms with van der Waals surface area (Å²) in [6.07, 6.45) is -3.52. The third kappa shape index (κ3) is 8.10. The molecule has 0 fully saturated rings. The lowest BCUT2D eigenvalue weighted by Crippen LogP contribution is -2.36. The van der Waals surface area contributed by atoms with Crippen LogP contribution in [0.2, 0.25) is 0 Å². The van der Waals surface area contributed by atoms with Crippen LogP contribution in [0.1, 0.15) is 18.1 Å². The molecule has 154 valence electrons. The SMILES string of the molecule is CCc1cccc(NC)c1COc1cccc(OC(F)(F)F)n1.NNNC=O. The first-order chi connectivity index (χ1) is 13.3. The summed E-state index contributed by atoms with van der Waals surface area (Å²) in [5, 5.41) is 3.08. The Morgan fingerprint density at radius 1 is 1.18 bits per heavy atom. The van der Waals surface area contributed by atoms with Gasteiger partial charge in [-0.05, 0) is 18.1 Å². The summed E-state index contributed by atoms with van der Waals surface area (Å²) < 4.78 is 45.9. The van der Waals surface area contributed by atoms with Crippen LogP contribution in [0.3, 0.4) is 0 Å². The van der Waals surface area contributed by atoms with Gasteiger partial charge < -0.3 is 14.8 Å². The van der Waals surface area contributed by atoms with Crippen LogP contribution in [-0.4, -0.2) is 24.8 Å². The van der Waals surface area contributed by atoms with E-state index in [1.165, 1.54) is 12.1 Å². The molecular weight excluding hydrogens is 379 g/mol. The fourth-order valence-corrected chi connectivity index (χ4v) is 2.20. The molecule has 2 rings (SSSR count). The van der Waals surface area contributed by atoms with Gasteiger partial charge in [0.05, 0.1) is 0 Å². The smallest absolute Gasteiger partial charge is 0.473 e. The third-order valence-corrected chi connectivity index (χ3v) is 3.35. The monoisotopic (exact) mass is 401 g/mol. The van der Waals surface area contributed by atoms with E-state index in [9.17, 15) is 13.2 Å². The quantitative estimate of drug-likeness (QED) is 0.305. The molecule has 0 aliphatic rings. The van der Waals surface area contributed by atoms with Gasteiger partial charge in [0.2, 0.25) is 18.2 Å². The summed E-state index contributed by atoms with van der Waals surface area (Å²) in [7, 11) is 1.80. The Kier molecular flexibility index (Phi) is 9.54. The molecule has 0 atom stereocenters. The van der Waals surface area contributed by atoms with Crippen LogP contribution in [0.4, 0.5) is 18.9 Å². The van der Waals surface area contributed by atoms with Gasteiger partial charge in [-0.1, -0.05) is 25.1 Å².